The van der Waals surface area contributed by atoms with Crippen LogP contribution in [0.3, 0.4) is 0 Å². The van der Waals surface area contributed by atoms with Gasteiger partial charge in [-0.1, -0.05) is 6.07 Å². The molecule has 150 valence electrons. The molecule has 3 heterocycles. The number of nitrogens with zero attached hydrogens (tertiary/aromatic N) is 3. The molecule has 2 N–H and O–H groups in total. The topological polar surface area (TPSA) is 97.6 Å². The van der Waals surface area contributed by atoms with Crippen molar-refractivity contribution >= 4 is 5.95 Å². The summed E-state index contributed by atoms with van der Waals surface area (Å²) in [6.45, 7) is 0.753. The number of pyridine rings is 2. The third-order valence-corrected chi connectivity index (χ3v) is 5.47. The fourth-order valence-corrected chi connectivity index (χ4v) is 3.96. The zero-order valence-electron chi connectivity index (χ0n) is 16.3. The summed E-state index contributed by atoms with van der Waals surface area (Å²) >= 11 is 0. The lowest BCUT2D eigenvalue weighted by Gasteiger charge is -2.24. The summed E-state index contributed by atoms with van der Waals surface area (Å²) in [6.07, 6.45) is 12.4. The molecule has 1 atom stereocenters. The highest BCUT2D eigenvalue weighted by Crippen LogP contribution is 2.32. The first kappa shape index (κ1) is 19.1. The van der Waals surface area contributed by atoms with Crippen molar-refractivity contribution in [3.8, 4) is 0 Å². The molecule has 7 heteroatoms. The Hall–Kier alpha value is -3.22. The molecule has 0 spiro atoms. The summed E-state index contributed by atoms with van der Waals surface area (Å²) < 4.78 is 0.723. The molecular weight excluding hydrogens is 366 g/mol. The monoisotopic (exact) mass is 391 g/mol. The van der Waals surface area contributed by atoms with Crippen molar-refractivity contribution in [2.45, 2.75) is 44.4 Å². The van der Waals surface area contributed by atoms with Gasteiger partial charge in [0, 0.05) is 54.7 Å². The minimum Gasteiger partial charge on any atom is -0.619 e. The van der Waals surface area contributed by atoms with E-state index in [9.17, 15) is 10.0 Å². The quantitative estimate of drug-likeness (QED) is 0.367. The van der Waals surface area contributed by atoms with Gasteiger partial charge in [-0.3, -0.25) is 14.8 Å². The number of aryl methyl sites for hydroxylation is 1. The maximum Gasteiger partial charge on any atom is 0.255 e. The van der Waals surface area contributed by atoms with E-state index in [2.05, 4.69) is 26.3 Å². The molecule has 0 aliphatic heterocycles. The predicted octanol–water partition coefficient (Wildman–Crippen LogP) is 2.70. The highest BCUT2D eigenvalue weighted by Gasteiger charge is 2.20. The molecule has 0 fully saturated rings. The van der Waals surface area contributed by atoms with Gasteiger partial charge in [0.05, 0.1) is 0 Å². The van der Waals surface area contributed by atoms with Gasteiger partial charge in [0.25, 0.3) is 5.56 Å². The van der Waals surface area contributed by atoms with Crippen LogP contribution in [0.5, 0.6) is 0 Å². The number of H-pyrrole nitrogens is 1. The normalized spacial score (nSPS) is 15.7. The minimum absolute atomic E-state index is 0.160. The second kappa shape index (κ2) is 8.86. The van der Waals surface area contributed by atoms with Crippen LogP contribution in [-0.4, -0.2) is 21.5 Å². The smallest absolute Gasteiger partial charge is 0.255 e. The lowest BCUT2D eigenvalue weighted by atomic mass is 9.84. The molecule has 0 bridgehead atoms. The number of aromatic nitrogens is 4. The molecule has 7 nitrogen and oxygen atoms in total. The molecule has 3 aromatic rings. The van der Waals surface area contributed by atoms with Gasteiger partial charge in [-0.15, -0.1) is 0 Å². The Bertz CT molecular complexity index is 1020. The Morgan fingerprint density at radius 3 is 2.93 bits per heavy atom. The van der Waals surface area contributed by atoms with E-state index in [1.807, 2.05) is 12.3 Å². The van der Waals surface area contributed by atoms with Gasteiger partial charge in [-0.2, -0.15) is 4.73 Å². The average molecular weight is 391 g/mol. The molecule has 29 heavy (non-hydrogen) atoms. The van der Waals surface area contributed by atoms with Crippen LogP contribution in [0.15, 0.2) is 53.8 Å². The highest BCUT2D eigenvalue weighted by atomic mass is 16.5. The van der Waals surface area contributed by atoms with E-state index in [0.717, 1.165) is 36.1 Å². The number of hydrogen-bond donors (Lipinski definition) is 2. The largest absolute Gasteiger partial charge is 0.619 e. The summed E-state index contributed by atoms with van der Waals surface area (Å²) in [7, 11) is 0. The first-order valence-corrected chi connectivity index (χ1v) is 10.1. The van der Waals surface area contributed by atoms with Crippen molar-refractivity contribution in [2.24, 2.45) is 0 Å². The van der Waals surface area contributed by atoms with Crippen molar-refractivity contribution in [2.75, 3.05) is 11.9 Å². The minimum atomic E-state index is -0.160. The van der Waals surface area contributed by atoms with Gasteiger partial charge in [0.2, 0.25) is 5.95 Å². The van der Waals surface area contributed by atoms with E-state index in [-0.39, 0.29) is 5.56 Å². The lowest BCUT2D eigenvalue weighted by molar-refractivity contribution is -0.605. The van der Waals surface area contributed by atoms with Gasteiger partial charge in [-0.25, -0.2) is 4.98 Å². The highest BCUT2D eigenvalue weighted by molar-refractivity contribution is 5.28. The van der Waals surface area contributed by atoms with Crippen LogP contribution in [-0.2, 0) is 12.8 Å². The number of nitrogens with one attached hydrogen (secondary N) is 2. The van der Waals surface area contributed by atoms with Crippen LogP contribution in [0.2, 0.25) is 0 Å². The predicted molar refractivity (Wildman–Crippen MR) is 111 cm³/mol. The zero-order chi connectivity index (χ0) is 20.1. The molecule has 1 aliphatic carbocycles. The van der Waals surface area contributed by atoms with E-state index in [4.69, 9.17) is 0 Å². The molecule has 1 aliphatic rings. The molecule has 0 saturated heterocycles. The molecule has 1 unspecified atom stereocenters. The van der Waals surface area contributed by atoms with Crippen LogP contribution in [0.4, 0.5) is 5.95 Å². The van der Waals surface area contributed by atoms with Crippen molar-refractivity contribution < 1.29 is 4.73 Å². The van der Waals surface area contributed by atoms with E-state index in [0.29, 0.717) is 23.9 Å². The Balaban J connectivity index is 1.29. The first-order valence-electron chi connectivity index (χ1n) is 10.1. The van der Waals surface area contributed by atoms with Gasteiger partial charge < -0.3 is 10.5 Å². The van der Waals surface area contributed by atoms with E-state index < -0.39 is 0 Å². The summed E-state index contributed by atoms with van der Waals surface area (Å²) in [4.78, 5) is 24.0. The Morgan fingerprint density at radius 1 is 1.24 bits per heavy atom. The fraction of sp³-hybridized carbons (Fsp3) is 0.364. The Morgan fingerprint density at radius 2 is 2.10 bits per heavy atom. The van der Waals surface area contributed by atoms with E-state index in [1.54, 1.807) is 18.3 Å². The molecule has 0 amide bonds. The molecule has 4 rings (SSSR count). The molecule has 0 aromatic carbocycles. The SMILES string of the molecule is O=c1[nH]c(NCCCC2CCCc3cccnc32)ncc1Cc1cc[n+]([O-])cc1. The second-order valence-electron chi connectivity index (χ2n) is 7.54. The Kier molecular flexibility index (Phi) is 5.84. The third-order valence-electron chi connectivity index (χ3n) is 5.47. The summed E-state index contributed by atoms with van der Waals surface area (Å²) in [5, 5.41) is 14.3. The molecule has 0 radical (unpaired) electrons. The number of aromatic amines is 1. The summed E-state index contributed by atoms with van der Waals surface area (Å²) in [5.74, 6) is 1.01. The average Bonchev–Trinajstić information content (AvgIpc) is 2.74. The second-order valence-corrected chi connectivity index (χ2v) is 7.54. The van der Waals surface area contributed by atoms with Crippen LogP contribution in [0, 0.1) is 5.21 Å². The molecule has 3 aromatic heterocycles. The Labute approximate surface area is 169 Å². The zero-order valence-corrected chi connectivity index (χ0v) is 16.3. The van der Waals surface area contributed by atoms with E-state index in [1.165, 1.54) is 36.5 Å². The number of anilines is 1. The number of rotatable bonds is 7. The van der Waals surface area contributed by atoms with Crippen LogP contribution in [0.1, 0.15) is 54.0 Å². The van der Waals surface area contributed by atoms with Crippen LogP contribution < -0.4 is 15.6 Å². The van der Waals surface area contributed by atoms with Crippen molar-refractivity contribution in [3.05, 3.63) is 87.0 Å². The lowest BCUT2D eigenvalue weighted by Crippen LogP contribution is -2.24. The molecular formula is C22H25N5O2. The van der Waals surface area contributed by atoms with Gasteiger partial charge >= 0.3 is 0 Å². The van der Waals surface area contributed by atoms with Gasteiger partial charge in [0.1, 0.15) is 0 Å². The molecule has 0 saturated carbocycles. The van der Waals surface area contributed by atoms with Crippen molar-refractivity contribution in [3.63, 3.8) is 0 Å². The fourth-order valence-electron chi connectivity index (χ4n) is 3.96. The first-order chi connectivity index (χ1) is 14.2. The standard InChI is InChI=1S/C22H25N5O2/c28-21-19(14-16-8-12-27(29)13-9-16)15-25-22(26-21)24-11-3-7-18-5-1-4-17-6-2-10-23-20(17)18/h2,6,8-10,12-13,15,18H,1,3-5,7,11,14H2,(H2,24,25,26,28). The number of hydrogen-bond acceptors (Lipinski definition) is 5. The van der Waals surface area contributed by atoms with Gasteiger partial charge in [-0.05, 0) is 49.3 Å². The summed E-state index contributed by atoms with van der Waals surface area (Å²) in [6, 6.07) is 7.62. The number of fused-ring (bicyclic) bond motifs is 1. The maximum absolute atomic E-state index is 12.3. The summed E-state index contributed by atoms with van der Waals surface area (Å²) in [5.41, 5.74) is 3.96. The van der Waals surface area contributed by atoms with Gasteiger partial charge in [0.15, 0.2) is 12.4 Å². The van der Waals surface area contributed by atoms with Crippen molar-refractivity contribution in [1.29, 1.82) is 0 Å². The van der Waals surface area contributed by atoms with Crippen molar-refractivity contribution in [1.82, 2.24) is 15.0 Å². The van der Waals surface area contributed by atoms with Crippen LogP contribution >= 0.6 is 0 Å². The maximum atomic E-state index is 12.3. The van der Waals surface area contributed by atoms with E-state index >= 15 is 0 Å². The third kappa shape index (κ3) is 4.80. The van der Waals surface area contributed by atoms with Crippen LogP contribution in [0.25, 0.3) is 0 Å².